The van der Waals surface area contributed by atoms with Crippen LogP contribution in [0.15, 0.2) is 97.1 Å². The first-order valence-electron chi connectivity index (χ1n) is 25.4. The van der Waals surface area contributed by atoms with Gasteiger partial charge < -0.3 is 38.6 Å². The maximum Gasteiger partial charge on any atom is 0.508 e. The van der Waals surface area contributed by atoms with E-state index in [4.69, 9.17) is 28.4 Å². The second kappa shape index (κ2) is 28.3. The van der Waals surface area contributed by atoms with Gasteiger partial charge >= 0.3 is 12.3 Å². The van der Waals surface area contributed by atoms with E-state index < -0.39 is 23.5 Å². The lowest BCUT2D eigenvalue weighted by molar-refractivity contribution is -0.0538. The molecule has 4 aromatic rings. The van der Waals surface area contributed by atoms with Crippen LogP contribution in [-0.4, -0.2) is 61.2 Å². The lowest BCUT2D eigenvalue weighted by atomic mass is 9.78. The molecule has 0 aliphatic heterocycles. The van der Waals surface area contributed by atoms with Gasteiger partial charge in [-0.05, 0) is 135 Å². The van der Waals surface area contributed by atoms with Crippen molar-refractivity contribution in [3.63, 3.8) is 0 Å². The minimum atomic E-state index is -0.889. The number of unbranched alkanes of at least 4 members (excludes halogenated alkanes) is 7. The predicted octanol–water partition coefficient (Wildman–Crippen LogP) is 14.4. The number of hydrogen-bond donors (Lipinski definition) is 2. The molecule has 6 rings (SSSR count). The Hall–Kier alpha value is -5.06. The SMILES string of the molecule is CCCCCOC(=O)OC1CCC(O)(c2ccc(-c3ccc(OCCCCC)cc3)cc2)CC1.CCCCCOc1ccc(-c2ccc(C3(O)CCC(OC(=O)OCCCC)CC3)cc2)cc1. The number of hydrogen-bond acceptors (Lipinski definition) is 10. The highest BCUT2D eigenvalue weighted by Gasteiger charge is 2.37. The van der Waals surface area contributed by atoms with Crippen LogP contribution in [0.5, 0.6) is 11.5 Å². The predicted molar refractivity (Wildman–Crippen MR) is 265 cm³/mol. The summed E-state index contributed by atoms with van der Waals surface area (Å²) < 4.78 is 32.7. The molecule has 0 spiro atoms. The molecule has 0 bridgehead atoms. The van der Waals surface area contributed by atoms with Gasteiger partial charge in [-0.3, -0.25) is 0 Å². The van der Waals surface area contributed by atoms with E-state index >= 15 is 0 Å². The summed E-state index contributed by atoms with van der Waals surface area (Å²) in [4.78, 5) is 23.6. The molecule has 366 valence electrons. The van der Waals surface area contributed by atoms with Crippen LogP contribution in [-0.2, 0) is 30.1 Å². The largest absolute Gasteiger partial charge is 0.508 e. The average Bonchev–Trinajstić information content (AvgIpc) is 3.35. The third kappa shape index (κ3) is 17.5. The van der Waals surface area contributed by atoms with Gasteiger partial charge in [-0.1, -0.05) is 145 Å². The Bertz CT molecular complexity index is 1980. The summed E-state index contributed by atoms with van der Waals surface area (Å²) in [6, 6.07) is 32.6. The molecule has 2 fully saturated rings. The van der Waals surface area contributed by atoms with Crippen molar-refractivity contribution in [3.8, 4) is 33.8 Å². The van der Waals surface area contributed by atoms with E-state index in [0.29, 0.717) is 64.6 Å². The zero-order valence-electron chi connectivity index (χ0n) is 40.8. The molecule has 0 atom stereocenters. The van der Waals surface area contributed by atoms with E-state index in [-0.39, 0.29) is 12.2 Å². The summed E-state index contributed by atoms with van der Waals surface area (Å²) in [5, 5.41) is 22.4. The molecular weight excluding hydrogens is 845 g/mol. The number of ether oxygens (including phenoxy) is 6. The number of carbonyl (C=O) groups excluding carboxylic acids is 2. The lowest BCUT2D eigenvalue weighted by Gasteiger charge is -2.36. The van der Waals surface area contributed by atoms with Crippen molar-refractivity contribution in [1.82, 2.24) is 0 Å². The molecule has 0 saturated heterocycles. The number of benzene rings is 4. The van der Waals surface area contributed by atoms with Gasteiger partial charge in [0.15, 0.2) is 0 Å². The Balaban J connectivity index is 0.000000251. The van der Waals surface area contributed by atoms with Crippen LogP contribution in [0.4, 0.5) is 9.59 Å². The second-order valence-electron chi connectivity index (χ2n) is 18.3. The van der Waals surface area contributed by atoms with E-state index in [9.17, 15) is 19.8 Å². The van der Waals surface area contributed by atoms with Crippen molar-refractivity contribution in [1.29, 1.82) is 0 Å². The second-order valence-corrected chi connectivity index (χ2v) is 18.3. The Morgan fingerprint density at radius 1 is 0.433 bits per heavy atom. The van der Waals surface area contributed by atoms with Gasteiger partial charge in [-0.25, -0.2) is 9.59 Å². The normalized spacial score (nSPS) is 20.1. The molecule has 2 aliphatic carbocycles. The van der Waals surface area contributed by atoms with Crippen molar-refractivity contribution in [2.75, 3.05) is 26.4 Å². The highest BCUT2D eigenvalue weighted by molar-refractivity contribution is 5.66. The van der Waals surface area contributed by atoms with Crippen molar-refractivity contribution >= 4 is 12.3 Å². The van der Waals surface area contributed by atoms with Gasteiger partial charge in [-0.15, -0.1) is 0 Å². The van der Waals surface area contributed by atoms with E-state index in [2.05, 4.69) is 69.3 Å². The van der Waals surface area contributed by atoms with Crippen LogP contribution in [0, 0.1) is 0 Å². The smallest absolute Gasteiger partial charge is 0.494 e. The van der Waals surface area contributed by atoms with E-state index in [1.807, 2.05) is 55.5 Å². The van der Waals surface area contributed by atoms with Crippen LogP contribution in [0.3, 0.4) is 0 Å². The van der Waals surface area contributed by atoms with Crippen LogP contribution < -0.4 is 9.47 Å². The van der Waals surface area contributed by atoms with Crippen LogP contribution in [0.25, 0.3) is 22.3 Å². The topological polar surface area (TPSA) is 130 Å². The molecule has 0 aromatic heterocycles. The summed E-state index contributed by atoms with van der Waals surface area (Å²) in [6.45, 7) is 10.8. The minimum Gasteiger partial charge on any atom is -0.494 e. The molecule has 0 amide bonds. The Labute approximate surface area is 400 Å². The maximum absolute atomic E-state index is 11.9. The highest BCUT2D eigenvalue weighted by Crippen LogP contribution is 2.40. The Morgan fingerprint density at radius 2 is 0.731 bits per heavy atom. The van der Waals surface area contributed by atoms with Gasteiger partial charge in [0.25, 0.3) is 0 Å². The molecule has 4 aromatic carbocycles. The summed E-state index contributed by atoms with van der Waals surface area (Å²) in [7, 11) is 0. The van der Waals surface area contributed by atoms with Crippen molar-refractivity contribution in [2.45, 2.75) is 173 Å². The Kier molecular flexibility index (Phi) is 22.4. The number of aliphatic hydroxyl groups is 2. The average molecular weight is 923 g/mol. The number of rotatable bonds is 23. The lowest BCUT2D eigenvalue weighted by Crippen LogP contribution is -2.35. The van der Waals surface area contributed by atoms with Crippen LogP contribution >= 0.6 is 0 Å². The van der Waals surface area contributed by atoms with Gasteiger partial charge in [0.2, 0.25) is 0 Å². The third-order valence-corrected chi connectivity index (χ3v) is 13.0. The molecule has 0 unspecified atom stereocenters. The Morgan fingerprint density at radius 3 is 1.06 bits per heavy atom. The third-order valence-electron chi connectivity index (χ3n) is 13.0. The van der Waals surface area contributed by atoms with Crippen molar-refractivity contribution in [2.24, 2.45) is 0 Å². The molecule has 0 heterocycles. The molecule has 0 radical (unpaired) electrons. The van der Waals surface area contributed by atoms with Gasteiger partial charge in [-0.2, -0.15) is 0 Å². The van der Waals surface area contributed by atoms with Gasteiger partial charge in [0.1, 0.15) is 23.7 Å². The zero-order valence-corrected chi connectivity index (χ0v) is 40.8. The first-order valence-corrected chi connectivity index (χ1v) is 25.4. The quantitative estimate of drug-likeness (QED) is 0.0548. The van der Waals surface area contributed by atoms with E-state index in [1.54, 1.807) is 0 Å². The fourth-order valence-electron chi connectivity index (χ4n) is 8.62. The molecule has 10 nitrogen and oxygen atoms in total. The molecular formula is C57H78O10. The summed E-state index contributed by atoms with van der Waals surface area (Å²) >= 11 is 0. The standard InChI is InChI=1S/C29H40O5.C28H38O5/c1-3-5-7-21-32-26-15-11-24(12-16-26)23-9-13-25(14-10-23)29(31)19-17-27(18-20-29)34-28(30)33-22-8-6-4-2;1-3-5-7-21-31-25-14-10-23(11-15-25)22-8-12-24(13-9-22)28(30)18-16-26(17-19-28)33-27(29)32-20-6-4-2/h9-16,27,31H,3-8,17-22H2,1-2H3;8-15,26,30H,3-7,16-21H2,1-2H3. The highest BCUT2D eigenvalue weighted by atomic mass is 16.7. The van der Waals surface area contributed by atoms with Crippen LogP contribution in [0.1, 0.15) is 161 Å². The van der Waals surface area contributed by atoms with E-state index in [1.165, 1.54) is 25.7 Å². The first-order chi connectivity index (χ1) is 32.6. The zero-order chi connectivity index (χ0) is 47.7. The minimum absolute atomic E-state index is 0.193. The van der Waals surface area contributed by atoms with Crippen molar-refractivity contribution < 1.29 is 48.2 Å². The maximum atomic E-state index is 11.9. The van der Waals surface area contributed by atoms with Gasteiger partial charge in [0.05, 0.1) is 37.6 Å². The van der Waals surface area contributed by atoms with E-state index in [0.717, 1.165) is 103 Å². The summed E-state index contributed by atoms with van der Waals surface area (Å²) in [5.74, 6) is 1.80. The molecule has 2 saturated carbocycles. The summed E-state index contributed by atoms with van der Waals surface area (Å²) in [6.07, 6.45) is 14.9. The molecule has 2 N–H and O–H groups in total. The molecule has 2 aliphatic rings. The van der Waals surface area contributed by atoms with Crippen LogP contribution in [0.2, 0.25) is 0 Å². The molecule has 10 heteroatoms. The first kappa shape index (κ1) is 52.9. The molecule has 67 heavy (non-hydrogen) atoms. The fraction of sp³-hybridized carbons (Fsp3) is 0.544. The summed E-state index contributed by atoms with van der Waals surface area (Å²) in [5.41, 5.74) is 4.49. The number of carbonyl (C=O) groups is 2. The van der Waals surface area contributed by atoms with Crippen molar-refractivity contribution in [3.05, 3.63) is 108 Å². The monoisotopic (exact) mass is 923 g/mol. The fourth-order valence-corrected chi connectivity index (χ4v) is 8.62. The van der Waals surface area contributed by atoms with Gasteiger partial charge in [0, 0.05) is 0 Å².